The van der Waals surface area contributed by atoms with Gasteiger partial charge in [0.2, 0.25) is 0 Å². The van der Waals surface area contributed by atoms with E-state index in [1.54, 1.807) is 0 Å². The first-order valence-corrected chi connectivity index (χ1v) is 9.19. The second kappa shape index (κ2) is 11.9. The molecule has 0 atom stereocenters. The van der Waals surface area contributed by atoms with Gasteiger partial charge in [-0.05, 0) is 24.2 Å². The van der Waals surface area contributed by atoms with Crippen LogP contribution in [0.1, 0.15) is 56.1 Å². The number of piperazine rings is 1. The van der Waals surface area contributed by atoms with Crippen LogP contribution in [0.5, 0.6) is 0 Å². The minimum absolute atomic E-state index is 0.127. The number of alkyl halides is 3. The van der Waals surface area contributed by atoms with Crippen LogP contribution in [0.3, 0.4) is 0 Å². The number of benzene rings is 1. The lowest BCUT2D eigenvalue weighted by atomic mass is 10.0. The van der Waals surface area contributed by atoms with Gasteiger partial charge in [-0.3, -0.25) is 4.90 Å². The van der Waals surface area contributed by atoms with Gasteiger partial charge in [-0.25, -0.2) is 4.79 Å². The van der Waals surface area contributed by atoms with E-state index in [9.17, 15) is 18.0 Å². The van der Waals surface area contributed by atoms with Gasteiger partial charge in [0, 0.05) is 32.7 Å². The molecule has 1 aromatic carbocycles. The molecule has 7 heteroatoms. The highest BCUT2D eigenvalue weighted by Gasteiger charge is 2.34. The summed E-state index contributed by atoms with van der Waals surface area (Å²) in [4.78, 5) is 15.1. The number of rotatable bonds is 4. The smallest absolute Gasteiger partial charge is 0.416 e. The normalized spacial score (nSPS) is 15.4. The van der Waals surface area contributed by atoms with E-state index in [-0.39, 0.29) is 17.7 Å². The molecule has 0 saturated carbocycles. The third-order valence-corrected chi connectivity index (χ3v) is 3.97. The molecule has 1 N–H and O–H groups in total. The first kappa shape index (κ1) is 24.4. The molecule has 1 fully saturated rings. The van der Waals surface area contributed by atoms with Crippen molar-refractivity contribution in [3.05, 3.63) is 34.9 Å². The molecule has 1 aromatic rings. The summed E-state index contributed by atoms with van der Waals surface area (Å²) in [6, 6.07) is 3.23. The van der Waals surface area contributed by atoms with Crippen LogP contribution in [0.2, 0.25) is 0 Å². The van der Waals surface area contributed by atoms with Gasteiger partial charge >= 0.3 is 12.1 Å². The Labute approximate surface area is 154 Å². The Balaban J connectivity index is 0.00000146. The summed E-state index contributed by atoms with van der Waals surface area (Å²) < 4.78 is 39.4. The maximum absolute atomic E-state index is 13.1. The Hall–Kier alpha value is -1.60. The topological polar surface area (TPSA) is 43.8 Å². The fourth-order valence-corrected chi connectivity index (χ4v) is 2.62. The van der Waals surface area contributed by atoms with Crippen molar-refractivity contribution < 1.29 is 23.1 Å². The molecular weight excluding hydrogens is 345 g/mol. The highest BCUT2D eigenvalue weighted by molar-refractivity contribution is 5.88. The fraction of sp³-hybridized carbons (Fsp3) is 0.632. The maximum Gasteiger partial charge on any atom is 0.416 e. The number of aromatic carboxylic acids is 1. The quantitative estimate of drug-likeness (QED) is 0.834. The largest absolute Gasteiger partial charge is 0.478 e. The first-order valence-electron chi connectivity index (χ1n) is 9.19. The SMILES string of the molecule is CC.CC.CCN1CCN(Cc2ccc(C(=O)O)cc2C(F)(F)F)CC1. The molecule has 1 aliphatic rings. The van der Waals surface area contributed by atoms with Gasteiger partial charge in [-0.2, -0.15) is 13.2 Å². The van der Waals surface area contributed by atoms with E-state index in [1.807, 2.05) is 32.6 Å². The van der Waals surface area contributed by atoms with E-state index in [1.165, 1.54) is 12.1 Å². The van der Waals surface area contributed by atoms with Crippen LogP contribution >= 0.6 is 0 Å². The lowest BCUT2D eigenvalue weighted by molar-refractivity contribution is -0.138. The van der Waals surface area contributed by atoms with Crippen molar-refractivity contribution in [3.8, 4) is 0 Å². The molecule has 1 aliphatic heterocycles. The average molecular weight is 376 g/mol. The van der Waals surface area contributed by atoms with Gasteiger partial charge in [-0.1, -0.05) is 40.7 Å². The molecule has 0 unspecified atom stereocenters. The van der Waals surface area contributed by atoms with Crippen molar-refractivity contribution in [2.75, 3.05) is 32.7 Å². The van der Waals surface area contributed by atoms with Crippen molar-refractivity contribution >= 4 is 5.97 Å². The number of carbonyl (C=O) groups is 1. The van der Waals surface area contributed by atoms with E-state index >= 15 is 0 Å². The number of carboxylic acid groups (broad SMARTS) is 1. The Morgan fingerprint density at radius 2 is 1.54 bits per heavy atom. The van der Waals surface area contributed by atoms with Crippen LogP contribution in [0.25, 0.3) is 0 Å². The molecule has 26 heavy (non-hydrogen) atoms. The molecule has 0 amide bonds. The molecule has 2 rings (SSSR count). The Morgan fingerprint density at radius 1 is 1.04 bits per heavy atom. The zero-order valence-corrected chi connectivity index (χ0v) is 16.4. The Bertz CT molecular complexity index is 540. The predicted octanol–water partition coefficient (Wildman–Crippen LogP) is 4.59. The third-order valence-electron chi connectivity index (χ3n) is 3.97. The van der Waals surface area contributed by atoms with Gasteiger partial charge in [0.15, 0.2) is 0 Å². The minimum atomic E-state index is -4.55. The van der Waals surface area contributed by atoms with Gasteiger partial charge in [0.05, 0.1) is 11.1 Å². The van der Waals surface area contributed by atoms with E-state index in [0.717, 1.165) is 25.7 Å². The zero-order valence-electron chi connectivity index (χ0n) is 16.4. The molecular formula is C19H31F3N2O2. The standard InChI is InChI=1S/C15H19F3N2O2.2C2H6/c1-2-19-5-7-20(8-6-19)10-12-4-3-11(14(21)22)9-13(12)15(16,17)18;2*1-2/h3-4,9H,2,5-8,10H2,1H3,(H,21,22);2*1-2H3. The van der Waals surface area contributed by atoms with Crippen molar-refractivity contribution in [2.45, 2.75) is 47.3 Å². The summed E-state index contributed by atoms with van der Waals surface area (Å²) >= 11 is 0. The molecule has 150 valence electrons. The number of carboxylic acids is 1. The summed E-state index contributed by atoms with van der Waals surface area (Å²) in [5.74, 6) is -1.35. The predicted molar refractivity (Wildman–Crippen MR) is 98.5 cm³/mol. The van der Waals surface area contributed by atoms with Crippen LogP contribution in [0, 0.1) is 0 Å². The lowest BCUT2D eigenvalue weighted by Gasteiger charge is -2.34. The van der Waals surface area contributed by atoms with Crippen LogP contribution in [0.4, 0.5) is 13.2 Å². The molecule has 0 aromatic heterocycles. The summed E-state index contributed by atoms with van der Waals surface area (Å²) in [7, 11) is 0. The van der Waals surface area contributed by atoms with Crippen molar-refractivity contribution in [1.29, 1.82) is 0 Å². The van der Waals surface area contributed by atoms with Crippen LogP contribution < -0.4 is 0 Å². The van der Waals surface area contributed by atoms with E-state index < -0.39 is 17.7 Å². The minimum Gasteiger partial charge on any atom is -0.478 e. The molecule has 0 bridgehead atoms. The van der Waals surface area contributed by atoms with Crippen molar-refractivity contribution in [1.82, 2.24) is 9.80 Å². The van der Waals surface area contributed by atoms with Crippen molar-refractivity contribution in [3.63, 3.8) is 0 Å². The summed E-state index contributed by atoms with van der Waals surface area (Å²) in [6.07, 6.45) is -4.55. The maximum atomic E-state index is 13.1. The summed E-state index contributed by atoms with van der Waals surface area (Å²) in [5, 5.41) is 8.86. The van der Waals surface area contributed by atoms with Crippen LogP contribution in [-0.4, -0.2) is 53.6 Å². The average Bonchev–Trinajstić information content (AvgIpc) is 2.65. The number of halogens is 3. The molecule has 4 nitrogen and oxygen atoms in total. The summed E-state index contributed by atoms with van der Waals surface area (Å²) in [6.45, 7) is 14.3. The van der Waals surface area contributed by atoms with Gasteiger partial charge in [0.25, 0.3) is 0 Å². The number of likely N-dealkylation sites (N-methyl/N-ethyl adjacent to an activating group) is 1. The van der Waals surface area contributed by atoms with E-state index in [0.29, 0.717) is 13.1 Å². The molecule has 1 saturated heterocycles. The van der Waals surface area contributed by atoms with E-state index in [4.69, 9.17) is 5.11 Å². The Morgan fingerprint density at radius 3 is 1.96 bits per heavy atom. The second-order valence-corrected chi connectivity index (χ2v) is 5.39. The number of hydrogen-bond donors (Lipinski definition) is 1. The number of nitrogens with zero attached hydrogens (tertiary/aromatic N) is 2. The molecule has 0 radical (unpaired) electrons. The van der Waals surface area contributed by atoms with E-state index in [2.05, 4.69) is 11.8 Å². The highest BCUT2D eigenvalue weighted by Crippen LogP contribution is 2.33. The zero-order chi connectivity index (χ0) is 20.3. The van der Waals surface area contributed by atoms with Crippen molar-refractivity contribution in [2.24, 2.45) is 0 Å². The summed E-state index contributed by atoms with van der Waals surface area (Å²) in [5.41, 5.74) is -1.07. The van der Waals surface area contributed by atoms with Gasteiger partial charge < -0.3 is 10.0 Å². The Kier molecular flexibility index (Phi) is 11.2. The van der Waals surface area contributed by atoms with Crippen LogP contribution in [0.15, 0.2) is 18.2 Å². The molecule has 0 aliphatic carbocycles. The number of hydrogen-bond acceptors (Lipinski definition) is 3. The van der Waals surface area contributed by atoms with Crippen LogP contribution in [-0.2, 0) is 12.7 Å². The lowest BCUT2D eigenvalue weighted by Crippen LogP contribution is -2.45. The second-order valence-electron chi connectivity index (χ2n) is 5.39. The van der Waals surface area contributed by atoms with Gasteiger partial charge in [0.1, 0.15) is 0 Å². The molecule has 1 heterocycles. The third kappa shape index (κ3) is 7.33. The van der Waals surface area contributed by atoms with Gasteiger partial charge in [-0.15, -0.1) is 0 Å². The highest BCUT2D eigenvalue weighted by atomic mass is 19.4. The fourth-order valence-electron chi connectivity index (χ4n) is 2.62. The first-order chi connectivity index (χ1) is 12.3. The monoisotopic (exact) mass is 376 g/mol. The molecule has 0 spiro atoms.